The van der Waals surface area contributed by atoms with Crippen LogP contribution in [-0.2, 0) is 4.79 Å². The number of carboxylic acids is 1. The molecule has 2 rings (SSSR count). The predicted molar refractivity (Wildman–Crippen MR) is 62.6 cm³/mol. The summed E-state index contributed by atoms with van der Waals surface area (Å²) in [6, 6.07) is 4.15. The quantitative estimate of drug-likeness (QED) is 0.838. The predicted octanol–water partition coefficient (Wildman–Crippen LogP) is 1.81. The molecule has 1 fully saturated rings. The van der Waals surface area contributed by atoms with E-state index in [1.54, 1.807) is 0 Å². The van der Waals surface area contributed by atoms with E-state index in [0.717, 1.165) is 12.8 Å². The van der Waals surface area contributed by atoms with Crippen molar-refractivity contribution >= 4 is 11.9 Å². The summed E-state index contributed by atoms with van der Waals surface area (Å²) >= 11 is 0. The van der Waals surface area contributed by atoms with Crippen LogP contribution in [0.3, 0.4) is 0 Å². The fourth-order valence-electron chi connectivity index (χ4n) is 1.75. The average molecular weight is 251 g/mol. The Morgan fingerprint density at radius 3 is 2.44 bits per heavy atom. The molecule has 0 aromatic heterocycles. The van der Waals surface area contributed by atoms with Gasteiger partial charge < -0.3 is 10.4 Å². The van der Waals surface area contributed by atoms with Gasteiger partial charge in [0.1, 0.15) is 11.9 Å². The van der Waals surface area contributed by atoms with Gasteiger partial charge >= 0.3 is 5.97 Å². The van der Waals surface area contributed by atoms with Crippen molar-refractivity contribution in [2.45, 2.75) is 25.3 Å². The van der Waals surface area contributed by atoms with E-state index >= 15 is 0 Å². The van der Waals surface area contributed by atoms with Crippen molar-refractivity contribution in [3.05, 3.63) is 35.6 Å². The summed E-state index contributed by atoms with van der Waals surface area (Å²) in [5.41, 5.74) is 0.262. The third kappa shape index (κ3) is 3.29. The summed E-state index contributed by atoms with van der Waals surface area (Å²) in [5, 5.41) is 11.5. The van der Waals surface area contributed by atoms with Crippen molar-refractivity contribution in [3.63, 3.8) is 0 Å². The standard InChI is InChI=1S/C13H14FNO3/c14-10-5-3-9(4-6-10)12(16)15-11(13(17)18)7-8-1-2-8/h3-6,8,11H,1-2,7H2,(H,15,16)(H,17,18)/t11-/m1/s1. The van der Waals surface area contributed by atoms with Gasteiger partial charge in [-0.1, -0.05) is 12.8 Å². The summed E-state index contributed by atoms with van der Waals surface area (Å²) in [6.45, 7) is 0. The van der Waals surface area contributed by atoms with Gasteiger partial charge in [-0.05, 0) is 36.6 Å². The zero-order valence-electron chi connectivity index (χ0n) is 9.73. The number of halogens is 1. The Morgan fingerprint density at radius 2 is 1.94 bits per heavy atom. The summed E-state index contributed by atoms with van der Waals surface area (Å²) in [5.74, 6) is -1.54. The third-order valence-corrected chi connectivity index (χ3v) is 2.98. The molecule has 0 spiro atoms. The Labute approximate surface area is 104 Å². The first-order valence-corrected chi connectivity index (χ1v) is 5.85. The normalized spacial score (nSPS) is 16.1. The van der Waals surface area contributed by atoms with Gasteiger partial charge in [0.15, 0.2) is 0 Å². The average Bonchev–Trinajstić information content (AvgIpc) is 3.12. The minimum atomic E-state index is -1.03. The molecular formula is C13H14FNO3. The highest BCUT2D eigenvalue weighted by Gasteiger charge is 2.30. The fraction of sp³-hybridized carbons (Fsp3) is 0.385. The van der Waals surface area contributed by atoms with Crippen LogP contribution in [0.25, 0.3) is 0 Å². The first kappa shape index (κ1) is 12.5. The number of rotatable bonds is 5. The molecule has 1 aliphatic carbocycles. The van der Waals surface area contributed by atoms with E-state index < -0.39 is 23.7 Å². The summed E-state index contributed by atoms with van der Waals surface area (Å²) < 4.78 is 12.7. The largest absolute Gasteiger partial charge is 0.480 e. The lowest BCUT2D eigenvalue weighted by molar-refractivity contribution is -0.139. The van der Waals surface area contributed by atoms with Crippen LogP contribution in [0.15, 0.2) is 24.3 Å². The molecule has 1 aliphatic rings. The van der Waals surface area contributed by atoms with Gasteiger partial charge in [0.25, 0.3) is 5.91 Å². The Bertz CT molecular complexity index is 454. The number of nitrogens with one attached hydrogen (secondary N) is 1. The molecular weight excluding hydrogens is 237 g/mol. The lowest BCUT2D eigenvalue weighted by Gasteiger charge is -2.14. The molecule has 0 saturated heterocycles. The van der Waals surface area contributed by atoms with Crippen LogP contribution < -0.4 is 5.32 Å². The van der Waals surface area contributed by atoms with E-state index in [2.05, 4.69) is 5.32 Å². The highest BCUT2D eigenvalue weighted by molar-refractivity contribution is 5.96. The van der Waals surface area contributed by atoms with E-state index in [9.17, 15) is 14.0 Å². The summed E-state index contributed by atoms with van der Waals surface area (Å²) in [4.78, 5) is 22.8. The number of carboxylic acid groups (broad SMARTS) is 1. The van der Waals surface area contributed by atoms with Crippen LogP contribution in [0.1, 0.15) is 29.6 Å². The second-order valence-corrected chi connectivity index (χ2v) is 4.55. The van der Waals surface area contributed by atoms with Crippen molar-refractivity contribution in [1.29, 1.82) is 0 Å². The molecule has 1 atom stereocenters. The molecule has 18 heavy (non-hydrogen) atoms. The molecule has 0 heterocycles. The number of hydrogen-bond donors (Lipinski definition) is 2. The summed E-state index contributed by atoms with van der Waals surface area (Å²) in [7, 11) is 0. The zero-order chi connectivity index (χ0) is 13.1. The number of amides is 1. The lowest BCUT2D eigenvalue weighted by Crippen LogP contribution is -2.41. The van der Waals surface area contributed by atoms with E-state index in [1.807, 2.05) is 0 Å². The molecule has 2 N–H and O–H groups in total. The molecule has 1 saturated carbocycles. The van der Waals surface area contributed by atoms with Crippen molar-refractivity contribution in [2.24, 2.45) is 5.92 Å². The zero-order valence-corrected chi connectivity index (χ0v) is 9.73. The maximum atomic E-state index is 12.7. The minimum Gasteiger partial charge on any atom is -0.480 e. The third-order valence-electron chi connectivity index (χ3n) is 2.98. The molecule has 1 aromatic rings. The van der Waals surface area contributed by atoms with E-state index in [-0.39, 0.29) is 5.56 Å². The topological polar surface area (TPSA) is 66.4 Å². The van der Waals surface area contributed by atoms with Crippen molar-refractivity contribution in [3.8, 4) is 0 Å². The first-order valence-electron chi connectivity index (χ1n) is 5.85. The van der Waals surface area contributed by atoms with Gasteiger partial charge in [-0.25, -0.2) is 9.18 Å². The van der Waals surface area contributed by atoms with Crippen LogP contribution in [0.5, 0.6) is 0 Å². The smallest absolute Gasteiger partial charge is 0.326 e. The van der Waals surface area contributed by atoms with Gasteiger partial charge in [-0.3, -0.25) is 4.79 Å². The number of carbonyl (C=O) groups is 2. The fourth-order valence-corrected chi connectivity index (χ4v) is 1.75. The molecule has 0 unspecified atom stereocenters. The number of hydrogen-bond acceptors (Lipinski definition) is 2. The van der Waals surface area contributed by atoms with Gasteiger partial charge in [-0.15, -0.1) is 0 Å². The van der Waals surface area contributed by atoms with E-state index in [4.69, 9.17) is 5.11 Å². The van der Waals surface area contributed by atoms with E-state index in [1.165, 1.54) is 24.3 Å². The minimum absolute atomic E-state index is 0.262. The first-order chi connectivity index (χ1) is 8.56. The molecule has 1 aromatic carbocycles. The highest BCUT2D eigenvalue weighted by atomic mass is 19.1. The number of aliphatic carboxylic acids is 1. The SMILES string of the molecule is O=C(N[C@H](CC1CC1)C(=O)O)c1ccc(F)cc1. The van der Waals surface area contributed by atoms with E-state index in [0.29, 0.717) is 12.3 Å². The maximum Gasteiger partial charge on any atom is 0.326 e. The Balaban J connectivity index is 1.99. The second-order valence-electron chi connectivity index (χ2n) is 4.55. The van der Waals surface area contributed by atoms with Gasteiger partial charge in [0.05, 0.1) is 0 Å². The second kappa shape index (κ2) is 5.16. The molecule has 4 nitrogen and oxygen atoms in total. The maximum absolute atomic E-state index is 12.7. The number of carbonyl (C=O) groups excluding carboxylic acids is 1. The lowest BCUT2D eigenvalue weighted by atomic mass is 10.1. The van der Waals surface area contributed by atoms with Crippen LogP contribution in [0.4, 0.5) is 4.39 Å². The monoisotopic (exact) mass is 251 g/mol. The Hall–Kier alpha value is -1.91. The van der Waals surface area contributed by atoms with Crippen molar-refractivity contribution in [1.82, 2.24) is 5.32 Å². The molecule has 0 radical (unpaired) electrons. The molecule has 1 amide bonds. The Morgan fingerprint density at radius 1 is 1.33 bits per heavy atom. The molecule has 96 valence electrons. The molecule has 0 bridgehead atoms. The number of benzene rings is 1. The van der Waals surface area contributed by atoms with Gasteiger partial charge in [0, 0.05) is 5.56 Å². The molecule has 0 aliphatic heterocycles. The van der Waals surface area contributed by atoms with Gasteiger partial charge in [0.2, 0.25) is 0 Å². The van der Waals surface area contributed by atoms with Gasteiger partial charge in [-0.2, -0.15) is 0 Å². The highest BCUT2D eigenvalue weighted by Crippen LogP contribution is 2.33. The van der Waals surface area contributed by atoms with Crippen LogP contribution in [0, 0.1) is 11.7 Å². The van der Waals surface area contributed by atoms with Crippen LogP contribution >= 0.6 is 0 Å². The van der Waals surface area contributed by atoms with Crippen LogP contribution in [0.2, 0.25) is 0 Å². The van der Waals surface area contributed by atoms with Crippen LogP contribution in [-0.4, -0.2) is 23.0 Å². The molecule has 5 heteroatoms. The van der Waals surface area contributed by atoms with Crippen molar-refractivity contribution < 1.29 is 19.1 Å². The van der Waals surface area contributed by atoms with Crippen molar-refractivity contribution in [2.75, 3.05) is 0 Å². The summed E-state index contributed by atoms with van der Waals surface area (Å²) in [6.07, 6.45) is 2.51. The Kier molecular flexibility index (Phi) is 3.60.